The zero-order valence-corrected chi connectivity index (χ0v) is 17.2. The maximum atomic E-state index is 12.3. The number of rotatable bonds is 8. The van der Waals surface area contributed by atoms with Gasteiger partial charge in [-0.05, 0) is 42.7 Å². The van der Waals surface area contributed by atoms with Crippen LogP contribution in [0.25, 0.3) is 21.8 Å². The molecule has 0 radical (unpaired) electrons. The number of amides is 1. The van der Waals surface area contributed by atoms with Crippen LogP contribution in [0, 0.1) is 0 Å². The van der Waals surface area contributed by atoms with Crippen LogP contribution >= 0.6 is 0 Å². The number of H-pyrrole nitrogens is 1. The molecule has 2 aromatic carbocycles. The number of benzene rings is 2. The number of hydrogen-bond donors (Lipinski definition) is 2. The van der Waals surface area contributed by atoms with Gasteiger partial charge in [0, 0.05) is 34.9 Å². The third kappa shape index (κ3) is 4.22. The topological polar surface area (TPSA) is 76.2 Å². The van der Waals surface area contributed by atoms with Gasteiger partial charge in [-0.2, -0.15) is 0 Å². The monoisotopic (exact) mass is 403 g/mol. The van der Waals surface area contributed by atoms with Crippen LogP contribution in [-0.4, -0.2) is 36.6 Å². The third-order valence-electron chi connectivity index (χ3n) is 5.24. The van der Waals surface area contributed by atoms with Crippen molar-refractivity contribution >= 4 is 27.7 Å². The summed E-state index contributed by atoms with van der Waals surface area (Å²) in [6.07, 6.45) is 3.59. The van der Waals surface area contributed by atoms with Crippen molar-refractivity contribution in [2.45, 2.75) is 19.3 Å². The van der Waals surface area contributed by atoms with Gasteiger partial charge in [-0.15, -0.1) is 0 Å². The van der Waals surface area contributed by atoms with E-state index in [0.29, 0.717) is 30.9 Å². The Morgan fingerprint density at radius 3 is 2.63 bits per heavy atom. The molecule has 0 aliphatic heterocycles. The molecule has 4 rings (SSSR count). The van der Waals surface area contributed by atoms with Crippen LogP contribution in [0.5, 0.6) is 11.5 Å². The molecule has 4 aromatic rings. The van der Waals surface area contributed by atoms with Crippen LogP contribution in [0.1, 0.15) is 17.7 Å². The quantitative estimate of drug-likeness (QED) is 0.466. The fourth-order valence-corrected chi connectivity index (χ4v) is 3.64. The van der Waals surface area contributed by atoms with E-state index in [1.807, 2.05) is 36.5 Å². The molecule has 6 heteroatoms. The Hall–Kier alpha value is -3.54. The van der Waals surface area contributed by atoms with E-state index in [0.717, 1.165) is 34.1 Å². The average Bonchev–Trinajstić information content (AvgIpc) is 3.15. The predicted molar refractivity (Wildman–Crippen MR) is 118 cm³/mol. The first kappa shape index (κ1) is 19.8. The molecule has 1 amide bonds. The number of hydrogen-bond acceptors (Lipinski definition) is 4. The summed E-state index contributed by atoms with van der Waals surface area (Å²) in [6.45, 7) is 0.573. The van der Waals surface area contributed by atoms with Crippen molar-refractivity contribution in [3.63, 3.8) is 0 Å². The Labute approximate surface area is 175 Å². The minimum atomic E-state index is 0.0244. The molecule has 0 atom stereocenters. The summed E-state index contributed by atoms with van der Waals surface area (Å²) in [6, 6.07) is 16.1. The fourth-order valence-electron chi connectivity index (χ4n) is 3.64. The van der Waals surface area contributed by atoms with E-state index >= 15 is 0 Å². The highest BCUT2D eigenvalue weighted by molar-refractivity contribution is 6.06. The lowest BCUT2D eigenvalue weighted by Crippen LogP contribution is -2.26. The smallest absolute Gasteiger partial charge is 0.220 e. The minimum Gasteiger partial charge on any atom is -0.493 e. The number of carbonyl (C=O) groups is 1. The molecule has 6 nitrogen and oxygen atoms in total. The highest BCUT2D eigenvalue weighted by Gasteiger charge is 2.08. The van der Waals surface area contributed by atoms with Gasteiger partial charge in [0.05, 0.1) is 25.9 Å². The van der Waals surface area contributed by atoms with Crippen molar-refractivity contribution in [3.05, 3.63) is 66.0 Å². The molecule has 0 aliphatic carbocycles. The summed E-state index contributed by atoms with van der Waals surface area (Å²) in [5, 5.41) is 5.30. The molecule has 30 heavy (non-hydrogen) atoms. The lowest BCUT2D eigenvalue weighted by Gasteiger charge is -2.10. The van der Waals surface area contributed by atoms with Crippen molar-refractivity contribution in [1.29, 1.82) is 0 Å². The number of aromatic amines is 1. The number of nitrogens with one attached hydrogen (secondary N) is 2. The highest BCUT2D eigenvalue weighted by atomic mass is 16.5. The van der Waals surface area contributed by atoms with Gasteiger partial charge in [-0.25, -0.2) is 0 Å². The Balaban J connectivity index is 1.31. The number of nitrogens with zero attached hydrogens (tertiary/aromatic N) is 1. The van der Waals surface area contributed by atoms with Crippen LogP contribution < -0.4 is 14.8 Å². The molecule has 2 N–H and O–H groups in total. The Morgan fingerprint density at radius 1 is 0.967 bits per heavy atom. The first-order valence-corrected chi connectivity index (χ1v) is 10.0. The van der Waals surface area contributed by atoms with E-state index in [4.69, 9.17) is 9.47 Å². The number of aromatic nitrogens is 2. The maximum absolute atomic E-state index is 12.3. The lowest BCUT2D eigenvalue weighted by molar-refractivity contribution is -0.121. The van der Waals surface area contributed by atoms with E-state index in [-0.39, 0.29) is 5.91 Å². The number of methoxy groups -OCH3 is 2. The van der Waals surface area contributed by atoms with E-state index in [1.165, 1.54) is 5.39 Å². The first-order valence-electron chi connectivity index (χ1n) is 10.0. The van der Waals surface area contributed by atoms with Gasteiger partial charge < -0.3 is 19.8 Å². The lowest BCUT2D eigenvalue weighted by atomic mass is 10.1. The second kappa shape index (κ2) is 8.86. The van der Waals surface area contributed by atoms with Crippen LogP contribution in [0.15, 0.2) is 54.7 Å². The van der Waals surface area contributed by atoms with Gasteiger partial charge in [0.25, 0.3) is 0 Å². The van der Waals surface area contributed by atoms with E-state index in [9.17, 15) is 4.79 Å². The average molecular weight is 403 g/mol. The zero-order valence-electron chi connectivity index (χ0n) is 17.2. The van der Waals surface area contributed by atoms with Crippen LogP contribution in [0.2, 0.25) is 0 Å². The number of aryl methyl sites for hydroxylation is 1. The molecule has 0 saturated heterocycles. The number of carbonyl (C=O) groups excluding carboxylic acids is 1. The molecule has 0 unspecified atom stereocenters. The van der Waals surface area contributed by atoms with Crippen molar-refractivity contribution in [1.82, 2.24) is 15.3 Å². The largest absolute Gasteiger partial charge is 0.493 e. The molecule has 0 fully saturated rings. The van der Waals surface area contributed by atoms with E-state index < -0.39 is 0 Å². The predicted octanol–water partition coefficient (Wildman–Crippen LogP) is 4.02. The Bertz CT molecular complexity index is 1180. The molecule has 0 spiro atoms. The molecular formula is C24H25N3O3. The van der Waals surface area contributed by atoms with Crippen LogP contribution in [0.4, 0.5) is 0 Å². The van der Waals surface area contributed by atoms with Crippen molar-refractivity contribution in [2.24, 2.45) is 0 Å². The third-order valence-corrected chi connectivity index (χ3v) is 5.24. The number of fused-ring (bicyclic) bond motifs is 3. The summed E-state index contributed by atoms with van der Waals surface area (Å²) < 4.78 is 10.6. The van der Waals surface area contributed by atoms with Gasteiger partial charge >= 0.3 is 0 Å². The number of pyridine rings is 1. The summed E-state index contributed by atoms with van der Waals surface area (Å²) in [7, 11) is 3.23. The van der Waals surface area contributed by atoms with Crippen molar-refractivity contribution in [2.75, 3.05) is 20.8 Å². The van der Waals surface area contributed by atoms with Gasteiger partial charge in [-0.1, -0.05) is 24.3 Å². The second-order valence-corrected chi connectivity index (χ2v) is 7.18. The van der Waals surface area contributed by atoms with Gasteiger partial charge in [-0.3, -0.25) is 9.78 Å². The van der Waals surface area contributed by atoms with Crippen molar-refractivity contribution in [3.8, 4) is 11.5 Å². The Morgan fingerprint density at radius 2 is 1.80 bits per heavy atom. The summed E-state index contributed by atoms with van der Waals surface area (Å²) in [5.41, 5.74) is 4.11. The summed E-state index contributed by atoms with van der Waals surface area (Å²) in [5.74, 6) is 1.42. The standard InChI is InChI=1S/C24H25N3O3/c1-29-22-9-7-16(13-23(22)30-2)11-12-25-24(28)10-8-17-14-19-18-5-3-4-6-20(18)27-21(19)15-26-17/h3-7,9,13-15,27H,8,10-12H2,1-2H3,(H,25,28). The van der Waals surface area contributed by atoms with Gasteiger partial charge in [0.15, 0.2) is 11.5 Å². The van der Waals surface area contributed by atoms with Crippen LogP contribution in [0.3, 0.4) is 0 Å². The summed E-state index contributed by atoms with van der Waals surface area (Å²) >= 11 is 0. The molecule has 2 heterocycles. The molecule has 0 saturated carbocycles. The highest BCUT2D eigenvalue weighted by Crippen LogP contribution is 2.27. The van der Waals surface area contributed by atoms with Gasteiger partial charge in [0.1, 0.15) is 0 Å². The molecule has 0 aliphatic rings. The van der Waals surface area contributed by atoms with Gasteiger partial charge in [0.2, 0.25) is 5.91 Å². The molecule has 154 valence electrons. The number of ether oxygens (including phenoxy) is 2. The zero-order chi connectivity index (χ0) is 20.9. The van der Waals surface area contributed by atoms with E-state index in [2.05, 4.69) is 33.5 Å². The molecule has 2 aromatic heterocycles. The maximum Gasteiger partial charge on any atom is 0.220 e. The second-order valence-electron chi connectivity index (χ2n) is 7.18. The fraction of sp³-hybridized carbons (Fsp3) is 0.250. The van der Waals surface area contributed by atoms with Crippen LogP contribution in [-0.2, 0) is 17.6 Å². The normalized spacial score (nSPS) is 11.0. The SMILES string of the molecule is COc1ccc(CCNC(=O)CCc2cc3c(cn2)[nH]c2ccccc23)cc1OC. The summed E-state index contributed by atoms with van der Waals surface area (Å²) in [4.78, 5) is 20.1. The minimum absolute atomic E-state index is 0.0244. The molecule has 0 bridgehead atoms. The van der Waals surface area contributed by atoms with Crippen molar-refractivity contribution < 1.29 is 14.3 Å². The first-order chi connectivity index (χ1) is 14.7. The number of para-hydroxylation sites is 1. The Kier molecular flexibility index (Phi) is 5.84. The molecular weight excluding hydrogens is 378 g/mol. The van der Waals surface area contributed by atoms with E-state index in [1.54, 1.807) is 14.2 Å².